The van der Waals surface area contributed by atoms with Crippen LogP contribution in [0.15, 0.2) is 24.3 Å². The van der Waals surface area contributed by atoms with Gasteiger partial charge in [-0.2, -0.15) is 0 Å². The Morgan fingerprint density at radius 1 is 1.11 bits per heavy atom. The summed E-state index contributed by atoms with van der Waals surface area (Å²) in [6.07, 6.45) is 8.17. The van der Waals surface area contributed by atoms with E-state index < -0.39 is 0 Å². The van der Waals surface area contributed by atoms with Gasteiger partial charge in [-0.05, 0) is 57.1 Å². The van der Waals surface area contributed by atoms with E-state index in [9.17, 15) is 0 Å². The Morgan fingerprint density at radius 2 is 1.74 bits per heavy atom. The topological polar surface area (TPSA) is 12.0 Å². The third kappa shape index (κ3) is 4.35. The monoisotopic (exact) mass is 259 g/mol. The predicted octanol–water partition coefficient (Wildman–Crippen LogP) is 4.34. The first kappa shape index (κ1) is 14.6. The summed E-state index contributed by atoms with van der Waals surface area (Å²) in [5.41, 5.74) is 2.84. The zero-order valence-electron chi connectivity index (χ0n) is 12.8. The van der Waals surface area contributed by atoms with Gasteiger partial charge in [-0.1, -0.05) is 49.6 Å². The summed E-state index contributed by atoms with van der Waals surface area (Å²) in [4.78, 5) is 0. The normalized spacial score (nSPS) is 25.2. The predicted molar refractivity (Wildman–Crippen MR) is 83.5 cm³/mol. The minimum atomic E-state index is 0.703. The average molecular weight is 259 g/mol. The van der Waals surface area contributed by atoms with Gasteiger partial charge in [0, 0.05) is 6.04 Å². The second-order valence-electron chi connectivity index (χ2n) is 6.44. The van der Waals surface area contributed by atoms with Gasteiger partial charge in [0.15, 0.2) is 0 Å². The van der Waals surface area contributed by atoms with Crippen LogP contribution in [0.5, 0.6) is 0 Å². The molecule has 0 aliphatic heterocycles. The summed E-state index contributed by atoms with van der Waals surface area (Å²) in [6.45, 7) is 4.56. The lowest BCUT2D eigenvalue weighted by molar-refractivity contribution is 0.229. The van der Waals surface area contributed by atoms with Crippen molar-refractivity contribution in [1.82, 2.24) is 5.32 Å². The van der Waals surface area contributed by atoms with Gasteiger partial charge in [-0.25, -0.2) is 0 Å². The van der Waals surface area contributed by atoms with Crippen molar-refractivity contribution in [3.63, 3.8) is 0 Å². The third-order valence-corrected chi connectivity index (χ3v) is 4.86. The van der Waals surface area contributed by atoms with Crippen LogP contribution in [0.25, 0.3) is 0 Å². The summed E-state index contributed by atoms with van der Waals surface area (Å²) in [7, 11) is 2.14. The van der Waals surface area contributed by atoms with Crippen LogP contribution in [0.3, 0.4) is 0 Å². The van der Waals surface area contributed by atoms with Crippen LogP contribution in [-0.2, 0) is 6.42 Å². The van der Waals surface area contributed by atoms with Gasteiger partial charge in [0.2, 0.25) is 0 Å². The molecule has 0 spiro atoms. The molecule has 0 bridgehead atoms. The molecule has 0 radical (unpaired) electrons. The second-order valence-corrected chi connectivity index (χ2v) is 6.44. The van der Waals surface area contributed by atoms with E-state index in [4.69, 9.17) is 0 Å². The Labute approximate surface area is 118 Å². The van der Waals surface area contributed by atoms with Crippen LogP contribution in [0.1, 0.15) is 50.2 Å². The van der Waals surface area contributed by atoms with Gasteiger partial charge in [0.05, 0.1) is 0 Å². The van der Waals surface area contributed by atoms with E-state index in [1.807, 2.05) is 0 Å². The summed E-state index contributed by atoms with van der Waals surface area (Å²) < 4.78 is 0. The number of hydrogen-bond acceptors (Lipinski definition) is 1. The minimum absolute atomic E-state index is 0.703. The summed E-state index contributed by atoms with van der Waals surface area (Å²) in [5, 5.41) is 3.57. The number of nitrogens with one attached hydrogen (secondary N) is 1. The highest BCUT2D eigenvalue weighted by atomic mass is 14.9. The van der Waals surface area contributed by atoms with Crippen molar-refractivity contribution < 1.29 is 0 Å². The number of hydrogen-bond donors (Lipinski definition) is 1. The molecule has 1 aromatic rings. The maximum absolute atomic E-state index is 3.57. The molecule has 1 fully saturated rings. The molecule has 0 saturated heterocycles. The number of rotatable bonds is 5. The van der Waals surface area contributed by atoms with E-state index in [0.29, 0.717) is 6.04 Å². The van der Waals surface area contributed by atoms with Crippen molar-refractivity contribution in [3.8, 4) is 0 Å². The molecule has 0 amide bonds. The Morgan fingerprint density at radius 3 is 2.32 bits per heavy atom. The standard InChI is InChI=1S/C18H29N/c1-14-4-8-16(9-5-14)10-13-18(19-3)17-11-6-15(2)7-12-17/h4-5,8-9,15,17-19H,6-7,10-13H2,1-3H3. The molecule has 1 saturated carbocycles. The van der Waals surface area contributed by atoms with Crippen LogP contribution in [0, 0.1) is 18.8 Å². The lowest BCUT2D eigenvalue weighted by Crippen LogP contribution is -2.36. The molecule has 1 heteroatoms. The lowest BCUT2D eigenvalue weighted by Gasteiger charge is -2.32. The molecular weight excluding hydrogens is 230 g/mol. The van der Waals surface area contributed by atoms with Crippen LogP contribution in [0.4, 0.5) is 0 Å². The van der Waals surface area contributed by atoms with Crippen molar-refractivity contribution in [3.05, 3.63) is 35.4 Å². The number of benzene rings is 1. The highest BCUT2D eigenvalue weighted by molar-refractivity contribution is 5.21. The molecule has 19 heavy (non-hydrogen) atoms. The minimum Gasteiger partial charge on any atom is -0.317 e. The van der Waals surface area contributed by atoms with E-state index in [0.717, 1.165) is 11.8 Å². The van der Waals surface area contributed by atoms with Gasteiger partial charge in [0.25, 0.3) is 0 Å². The first-order chi connectivity index (χ1) is 9.19. The van der Waals surface area contributed by atoms with Crippen LogP contribution < -0.4 is 5.32 Å². The second kappa shape index (κ2) is 7.09. The molecule has 1 N–H and O–H groups in total. The van der Waals surface area contributed by atoms with Crippen molar-refractivity contribution in [2.45, 2.75) is 58.4 Å². The van der Waals surface area contributed by atoms with Crippen molar-refractivity contribution >= 4 is 0 Å². The van der Waals surface area contributed by atoms with Gasteiger partial charge in [0.1, 0.15) is 0 Å². The molecule has 106 valence electrons. The molecule has 1 unspecified atom stereocenters. The lowest BCUT2D eigenvalue weighted by atomic mass is 9.78. The maximum Gasteiger partial charge on any atom is 0.00954 e. The van der Waals surface area contributed by atoms with E-state index in [-0.39, 0.29) is 0 Å². The van der Waals surface area contributed by atoms with Crippen LogP contribution in [-0.4, -0.2) is 13.1 Å². The molecule has 1 atom stereocenters. The molecular formula is C18H29N. The molecule has 2 rings (SSSR count). The molecule has 1 aliphatic carbocycles. The summed E-state index contributed by atoms with van der Waals surface area (Å²) in [5.74, 6) is 1.84. The molecule has 0 aromatic heterocycles. The highest BCUT2D eigenvalue weighted by Gasteiger charge is 2.24. The SMILES string of the molecule is CNC(CCc1ccc(C)cc1)C1CCC(C)CC1. The highest BCUT2D eigenvalue weighted by Crippen LogP contribution is 2.31. The first-order valence-corrected chi connectivity index (χ1v) is 7.92. The summed E-state index contributed by atoms with van der Waals surface area (Å²) in [6, 6.07) is 9.72. The largest absolute Gasteiger partial charge is 0.317 e. The first-order valence-electron chi connectivity index (χ1n) is 7.92. The Kier molecular flexibility index (Phi) is 5.45. The van der Waals surface area contributed by atoms with Crippen LogP contribution in [0.2, 0.25) is 0 Å². The van der Waals surface area contributed by atoms with Gasteiger partial charge >= 0.3 is 0 Å². The molecule has 1 aromatic carbocycles. The fourth-order valence-electron chi connectivity index (χ4n) is 3.38. The molecule has 0 heterocycles. The van der Waals surface area contributed by atoms with Crippen LogP contribution >= 0.6 is 0 Å². The Hall–Kier alpha value is -0.820. The Balaban J connectivity index is 1.83. The van der Waals surface area contributed by atoms with Gasteiger partial charge in [-0.3, -0.25) is 0 Å². The zero-order chi connectivity index (χ0) is 13.7. The number of aryl methyl sites for hydroxylation is 2. The van der Waals surface area contributed by atoms with Gasteiger partial charge in [-0.15, -0.1) is 0 Å². The van der Waals surface area contributed by atoms with E-state index in [1.165, 1.54) is 49.7 Å². The summed E-state index contributed by atoms with van der Waals surface area (Å²) >= 11 is 0. The average Bonchev–Trinajstić information content (AvgIpc) is 2.43. The van der Waals surface area contributed by atoms with E-state index in [2.05, 4.69) is 50.5 Å². The smallest absolute Gasteiger partial charge is 0.00954 e. The molecule has 1 nitrogen and oxygen atoms in total. The Bertz CT molecular complexity index is 360. The third-order valence-electron chi connectivity index (χ3n) is 4.86. The maximum atomic E-state index is 3.57. The van der Waals surface area contributed by atoms with Crippen molar-refractivity contribution in [1.29, 1.82) is 0 Å². The van der Waals surface area contributed by atoms with Crippen molar-refractivity contribution in [2.24, 2.45) is 11.8 Å². The fourth-order valence-corrected chi connectivity index (χ4v) is 3.38. The van der Waals surface area contributed by atoms with Gasteiger partial charge < -0.3 is 5.32 Å². The van der Waals surface area contributed by atoms with E-state index in [1.54, 1.807) is 0 Å². The van der Waals surface area contributed by atoms with Crippen molar-refractivity contribution in [2.75, 3.05) is 7.05 Å². The van der Waals surface area contributed by atoms with E-state index >= 15 is 0 Å². The zero-order valence-corrected chi connectivity index (χ0v) is 12.8. The fraction of sp³-hybridized carbons (Fsp3) is 0.667. The quantitative estimate of drug-likeness (QED) is 0.829. The molecule has 1 aliphatic rings.